The molecule has 3 aromatic rings. The second kappa shape index (κ2) is 8.58. The van der Waals surface area contributed by atoms with Crippen LogP contribution in [0.2, 0.25) is 0 Å². The van der Waals surface area contributed by atoms with Gasteiger partial charge in [0.15, 0.2) is 5.11 Å². The fourth-order valence-corrected chi connectivity index (χ4v) is 4.14. The van der Waals surface area contributed by atoms with Gasteiger partial charge in [-0.3, -0.25) is 19.4 Å². The second-order valence-corrected chi connectivity index (χ2v) is 7.57. The molecule has 0 radical (unpaired) electrons. The summed E-state index contributed by atoms with van der Waals surface area (Å²) in [6.45, 7) is 2.80. The summed E-state index contributed by atoms with van der Waals surface area (Å²) in [5.74, 6) is 1.84. The van der Waals surface area contributed by atoms with Crippen molar-refractivity contribution in [2.75, 3.05) is 11.4 Å². The zero-order valence-electron chi connectivity index (χ0n) is 17.1. The Kier molecular flexibility index (Phi) is 5.70. The number of benzene rings is 2. The molecule has 2 aromatic carbocycles. The third kappa shape index (κ3) is 3.65. The first kappa shape index (κ1) is 20.6. The Labute approximate surface area is 186 Å². The number of para-hydroxylation sites is 2. The van der Waals surface area contributed by atoms with Crippen molar-refractivity contribution in [3.63, 3.8) is 0 Å². The van der Waals surface area contributed by atoms with E-state index < -0.39 is 5.91 Å². The van der Waals surface area contributed by atoms with Crippen LogP contribution in [0.15, 0.2) is 66.4 Å². The molecule has 0 unspecified atom stereocenters. The third-order valence-electron chi connectivity index (χ3n) is 5.17. The molecule has 1 fully saturated rings. The molecule has 5 nitrogen and oxygen atoms in total. The lowest BCUT2D eigenvalue weighted by atomic mass is 10.0. The molecule has 2 amide bonds. The molecule has 1 aromatic heterocycles. The molecule has 1 aliphatic heterocycles. The predicted molar refractivity (Wildman–Crippen MR) is 127 cm³/mol. The Morgan fingerprint density at radius 1 is 1.03 bits per heavy atom. The van der Waals surface area contributed by atoms with E-state index in [0.29, 0.717) is 18.8 Å². The van der Waals surface area contributed by atoms with Gasteiger partial charge in [0.1, 0.15) is 5.57 Å². The largest absolute Gasteiger partial charge is 0.335 e. The van der Waals surface area contributed by atoms with Crippen LogP contribution in [0.1, 0.15) is 18.9 Å². The lowest BCUT2D eigenvalue weighted by Gasteiger charge is -2.36. The molecule has 154 valence electrons. The summed E-state index contributed by atoms with van der Waals surface area (Å²) in [4.78, 5) is 29.6. The van der Waals surface area contributed by atoms with Gasteiger partial charge >= 0.3 is 0 Å². The Bertz CT molecular complexity index is 1250. The molecule has 1 aliphatic rings. The number of aromatic nitrogens is 1. The van der Waals surface area contributed by atoms with Gasteiger partial charge in [-0.2, -0.15) is 0 Å². The number of terminal acetylenes is 1. The average Bonchev–Trinajstić information content (AvgIpc) is 3.13. The maximum absolute atomic E-state index is 13.5. The highest BCUT2D eigenvalue weighted by atomic mass is 32.1. The Morgan fingerprint density at radius 3 is 2.45 bits per heavy atom. The second-order valence-electron chi connectivity index (χ2n) is 7.21. The number of nitrogens with zero attached hydrogens (tertiary/aromatic N) is 3. The smallest absolute Gasteiger partial charge is 0.270 e. The first-order chi connectivity index (χ1) is 15.1. The normalized spacial score (nSPS) is 15.7. The molecular formula is C25H21N3O2S. The fraction of sp³-hybridized carbons (Fsp3) is 0.160. The topological polar surface area (TPSA) is 45.6 Å². The van der Waals surface area contributed by atoms with E-state index >= 15 is 0 Å². The van der Waals surface area contributed by atoms with Crippen molar-refractivity contribution < 1.29 is 9.59 Å². The summed E-state index contributed by atoms with van der Waals surface area (Å²) in [6.07, 6.45) is 9.77. The van der Waals surface area contributed by atoms with E-state index in [1.165, 1.54) is 9.80 Å². The molecule has 6 heteroatoms. The third-order valence-corrected chi connectivity index (χ3v) is 5.58. The Morgan fingerprint density at radius 2 is 1.74 bits per heavy atom. The monoisotopic (exact) mass is 427 g/mol. The highest BCUT2D eigenvalue weighted by Gasteiger charge is 2.40. The van der Waals surface area contributed by atoms with Crippen LogP contribution >= 0.6 is 12.2 Å². The first-order valence-electron chi connectivity index (χ1n) is 10.0. The van der Waals surface area contributed by atoms with E-state index in [0.717, 1.165) is 22.9 Å². The van der Waals surface area contributed by atoms with Crippen molar-refractivity contribution in [1.29, 1.82) is 0 Å². The van der Waals surface area contributed by atoms with Crippen molar-refractivity contribution >= 4 is 51.8 Å². The van der Waals surface area contributed by atoms with Crippen LogP contribution in [0.3, 0.4) is 0 Å². The molecule has 0 N–H and O–H groups in total. The van der Waals surface area contributed by atoms with Gasteiger partial charge in [-0.1, -0.05) is 49.2 Å². The van der Waals surface area contributed by atoms with Crippen LogP contribution in [0.4, 0.5) is 5.69 Å². The maximum Gasteiger partial charge on any atom is 0.270 e. The Balaban J connectivity index is 1.87. The number of fused-ring (bicyclic) bond motifs is 1. The molecule has 0 saturated carbocycles. The number of carbonyl (C=O) groups excluding carboxylic acids is 2. The van der Waals surface area contributed by atoms with E-state index in [1.54, 1.807) is 18.2 Å². The fourth-order valence-electron chi connectivity index (χ4n) is 3.78. The zero-order valence-corrected chi connectivity index (χ0v) is 17.9. The van der Waals surface area contributed by atoms with Crippen LogP contribution in [0.5, 0.6) is 0 Å². The maximum atomic E-state index is 13.5. The van der Waals surface area contributed by atoms with Gasteiger partial charge in [0, 0.05) is 29.2 Å². The number of anilines is 1. The minimum Gasteiger partial charge on any atom is -0.335 e. The number of amides is 2. The molecule has 0 atom stereocenters. The number of hydrogen-bond acceptors (Lipinski definition) is 3. The van der Waals surface area contributed by atoms with E-state index in [2.05, 4.69) is 5.92 Å². The van der Waals surface area contributed by atoms with Crippen molar-refractivity contribution in [2.45, 2.75) is 19.9 Å². The van der Waals surface area contributed by atoms with E-state index in [-0.39, 0.29) is 16.6 Å². The van der Waals surface area contributed by atoms with Gasteiger partial charge in [-0.15, -0.1) is 6.42 Å². The number of hydrogen-bond donors (Lipinski definition) is 0. The van der Waals surface area contributed by atoms with Crippen LogP contribution in [-0.4, -0.2) is 32.9 Å². The lowest BCUT2D eigenvalue weighted by Crippen LogP contribution is -2.56. The van der Waals surface area contributed by atoms with Crippen LogP contribution < -0.4 is 4.90 Å². The van der Waals surface area contributed by atoms with E-state index in [4.69, 9.17) is 18.6 Å². The number of thiocarbonyl (C=S) groups is 1. The lowest BCUT2D eigenvalue weighted by molar-refractivity contribution is -0.127. The molecule has 0 spiro atoms. The van der Waals surface area contributed by atoms with Crippen molar-refractivity contribution in [3.8, 4) is 12.3 Å². The highest BCUT2D eigenvalue weighted by molar-refractivity contribution is 7.80. The minimum atomic E-state index is -0.428. The van der Waals surface area contributed by atoms with Crippen LogP contribution in [-0.2, 0) is 16.1 Å². The summed E-state index contributed by atoms with van der Waals surface area (Å²) in [7, 11) is 0. The van der Waals surface area contributed by atoms with Crippen LogP contribution in [0, 0.1) is 12.3 Å². The van der Waals surface area contributed by atoms with Gasteiger partial charge in [-0.25, -0.2) is 0 Å². The highest BCUT2D eigenvalue weighted by Crippen LogP contribution is 2.29. The number of carbonyl (C=O) groups is 2. The summed E-state index contributed by atoms with van der Waals surface area (Å²) in [5, 5.41) is 1.13. The minimum absolute atomic E-state index is 0.0783. The standard InChI is InChI=1S/C25H21N3O2S/c1-3-14-26-17-18(20-12-8-9-13-22(20)26)16-21-23(29)27(15-4-2)25(31)28(24(21)30)19-10-6-5-7-11-19/h1,5-13,16-17H,4,14-15H2,2H3/b21-16+. The average molecular weight is 428 g/mol. The van der Waals surface area contributed by atoms with Gasteiger partial charge in [0.05, 0.1) is 12.2 Å². The van der Waals surface area contributed by atoms with Crippen molar-refractivity contribution in [3.05, 3.63) is 71.9 Å². The van der Waals surface area contributed by atoms with Crippen molar-refractivity contribution in [2.24, 2.45) is 0 Å². The SMILES string of the molecule is C#CCn1cc(/C=C2\C(=O)N(CCC)C(=S)N(c3ccccc3)C2=O)c2ccccc21. The van der Waals surface area contributed by atoms with Gasteiger partial charge in [-0.05, 0) is 42.9 Å². The van der Waals surface area contributed by atoms with Crippen LogP contribution in [0.25, 0.3) is 17.0 Å². The molecule has 0 aliphatic carbocycles. The van der Waals surface area contributed by atoms with Crippen molar-refractivity contribution in [1.82, 2.24) is 9.47 Å². The molecule has 2 heterocycles. The summed E-state index contributed by atoms with van der Waals surface area (Å²) >= 11 is 5.54. The van der Waals surface area contributed by atoms with Gasteiger partial charge in [0.25, 0.3) is 11.8 Å². The van der Waals surface area contributed by atoms with E-state index in [9.17, 15) is 9.59 Å². The van der Waals surface area contributed by atoms with Gasteiger partial charge in [0.2, 0.25) is 0 Å². The molecule has 4 rings (SSSR count). The molecule has 31 heavy (non-hydrogen) atoms. The molecule has 1 saturated heterocycles. The zero-order chi connectivity index (χ0) is 22.0. The summed E-state index contributed by atoms with van der Waals surface area (Å²) < 4.78 is 1.93. The predicted octanol–water partition coefficient (Wildman–Crippen LogP) is 4.23. The quantitative estimate of drug-likeness (QED) is 0.265. The molecule has 0 bridgehead atoms. The Hall–Kier alpha value is -3.69. The first-order valence-corrected chi connectivity index (χ1v) is 10.5. The number of rotatable bonds is 5. The molecular weight excluding hydrogens is 406 g/mol. The van der Waals surface area contributed by atoms with E-state index in [1.807, 2.05) is 60.2 Å². The van der Waals surface area contributed by atoms with Gasteiger partial charge < -0.3 is 4.57 Å². The summed E-state index contributed by atoms with van der Waals surface area (Å²) in [6, 6.07) is 16.9. The summed E-state index contributed by atoms with van der Waals surface area (Å²) in [5.41, 5.74) is 2.42.